The second-order valence-electron chi connectivity index (χ2n) is 5.28. The average molecular weight is 358 g/mol. The average Bonchev–Trinajstić information content (AvgIpc) is 2.95. The van der Waals surface area contributed by atoms with Gasteiger partial charge in [0.2, 0.25) is 0 Å². The summed E-state index contributed by atoms with van der Waals surface area (Å²) in [6.07, 6.45) is 0.477. The maximum atomic E-state index is 12.9. The van der Waals surface area contributed by atoms with E-state index in [0.717, 1.165) is 4.88 Å². The van der Waals surface area contributed by atoms with Gasteiger partial charge >= 0.3 is 0 Å². The molecule has 8 heteroatoms. The van der Waals surface area contributed by atoms with Crippen molar-refractivity contribution in [3.05, 3.63) is 64.4 Å². The highest BCUT2D eigenvalue weighted by Gasteiger charge is 2.14. The molecule has 0 aliphatic carbocycles. The van der Waals surface area contributed by atoms with Crippen molar-refractivity contribution in [3.63, 3.8) is 0 Å². The molecule has 0 fully saturated rings. The molecular formula is C17H15FN4O2S. The largest absolute Gasteiger partial charge is 0.447 e. The van der Waals surface area contributed by atoms with E-state index < -0.39 is 5.91 Å². The molecule has 0 unspecified atom stereocenters. The molecule has 3 aromatic rings. The lowest BCUT2D eigenvalue weighted by molar-refractivity contribution is 0.100. The molecule has 1 amide bonds. The van der Waals surface area contributed by atoms with Crippen molar-refractivity contribution < 1.29 is 13.9 Å². The summed E-state index contributed by atoms with van der Waals surface area (Å²) >= 11 is 1.42. The first-order valence-corrected chi connectivity index (χ1v) is 8.11. The van der Waals surface area contributed by atoms with Gasteiger partial charge in [-0.15, -0.1) is 11.3 Å². The number of primary amides is 1. The van der Waals surface area contributed by atoms with Crippen molar-refractivity contribution in [1.29, 1.82) is 0 Å². The maximum absolute atomic E-state index is 12.9. The highest BCUT2D eigenvalue weighted by molar-refractivity contribution is 7.13. The third-order valence-electron chi connectivity index (χ3n) is 3.40. The van der Waals surface area contributed by atoms with E-state index in [1.165, 1.54) is 23.5 Å². The van der Waals surface area contributed by atoms with Crippen molar-refractivity contribution in [2.45, 2.75) is 6.42 Å². The number of nitrogen functional groups attached to an aromatic ring is 2. The number of halogens is 1. The van der Waals surface area contributed by atoms with Gasteiger partial charge in [-0.2, -0.15) is 0 Å². The lowest BCUT2D eigenvalue weighted by Gasteiger charge is -2.07. The highest BCUT2D eigenvalue weighted by Crippen LogP contribution is 2.31. The lowest BCUT2D eigenvalue weighted by atomic mass is 10.1. The molecule has 0 atom stereocenters. The van der Waals surface area contributed by atoms with Gasteiger partial charge in [0, 0.05) is 17.0 Å². The quantitative estimate of drug-likeness (QED) is 0.648. The Morgan fingerprint density at radius 2 is 1.88 bits per heavy atom. The molecule has 0 radical (unpaired) electrons. The molecule has 0 aliphatic rings. The van der Waals surface area contributed by atoms with Crippen LogP contribution in [0.3, 0.4) is 0 Å². The second kappa shape index (κ2) is 6.78. The highest BCUT2D eigenvalue weighted by atomic mass is 32.1. The SMILES string of the molecule is NC(=O)c1c(N)cc(Cc2ccc(Oc3ccc(F)cc3)s2)nc1N. The predicted octanol–water partition coefficient (Wildman–Crippen LogP) is 2.93. The third kappa shape index (κ3) is 3.86. The normalized spacial score (nSPS) is 10.6. The standard InChI is InChI=1S/C17H15FN4O2S/c18-9-1-3-11(4-2-9)24-14-6-5-12(25-14)7-10-8-13(19)15(17(21)23)16(20)22-10/h1-6,8H,7H2,(H2,21,23)(H4,19,20,22). The van der Waals surface area contributed by atoms with E-state index in [9.17, 15) is 9.18 Å². The van der Waals surface area contributed by atoms with Gasteiger partial charge in [0.25, 0.3) is 5.91 Å². The van der Waals surface area contributed by atoms with Crippen LogP contribution in [0, 0.1) is 5.82 Å². The minimum absolute atomic E-state index is 0.0156. The van der Waals surface area contributed by atoms with Gasteiger partial charge in [0.1, 0.15) is 22.9 Å². The zero-order valence-electron chi connectivity index (χ0n) is 13.0. The maximum Gasteiger partial charge on any atom is 0.254 e. The molecule has 128 valence electrons. The minimum Gasteiger partial charge on any atom is -0.447 e. The Bertz CT molecular complexity index is 902. The fraction of sp³-hybridized carbons (Fsp3) is 0.0588. The number of carbonyl (C=O) groups excluding carboxylic acids is 1. The van der Waals surface area contributed by atoms with E-state index in [0.29, 0.717) is 22.9 Å². The Morgan fingerprint density at radius 3 is 2.52 bits per heavy atom. The molecule has 0 spiro atoms. The van der Waals surface area contributed by atoms with Crippen LogP contribution in [-0.2, 0) is 6.42 Å². The lowest BCUT2D eigenvalue weighted by Crippen LogP contribution is -2.17. The number of amides is 1. The summed E-state index contributed by atoms with van der Waals surface area (Å²) in [5, 5.41) is 0.663. The molecule has 0 bridgehead atoms. The molecule has 0 saturated carbocycles. The Labute approximate surface area is 147 Å². The monoisotopic (exact) mass is 358 g/mol. The summed E-state index contributed by atoms with van der Waals surface area (Å²) in [5.74, 6) is -0.464. The van der Waals surface area contributed by atoms with Crippen LogP contribution in [0.15, 0.2) is 42.5 Å². The van der Waals surface area contributed by atoms with Crippen molar-refractivity contribution in [2.24, 2.45) is 5.73 Å². The first-order valence-electron chi connectivity index (χ1n) is 7.29. The van der Waals surface area contributed by atoms with Gasteiger partial charge in [-0.05, 0) is 42.5 Å². The van der Waals surface area contributed by atoms with E-state index >= 15 is 0 Å². The third-order valence-corrected chi connectivity index (χ3v) is 4.37. The van der Waals surface area contributed by atoms with Crippen molar-refractivity contribution in [2.75, 3.05) is 11.5 Å². The van der Waals surface area contributed by atoms with Crippen LogP contribution in [-0.4, -0.2) is 10.9 Å². The summed E-state index contributed by atoms with van der Waals surface area (Å²) in [7, 11) is 0. The number of nitrogens with two attached hydrogens (primary N) is 3. The van der Waals surface area contributed by atoms with E-state index in [4.69, 9.17) is 21.9 Å². The molecule has 25 heavy (non-hydrogen) atoms. The molecule has 2 heterocycles. The molecule has 0 saturated heterocycles. The molecule has 2 aromatic heterocycles. The molecule has 0 aliphatic heterocycles. The van der Waals surface area contributed by atoms with Gasteiger partial charge in [0.05, 0.1) is 5.69 Å². The zero-order chi connectivity index (χ0) is 18.0. The number of pyridine rings is 1. The van der Waals surface area contributed by atoms with E-state index in [-0.39, 0.29) is 22.9 Å². The summed E-state index contributed by atoms with van der Waals surface area (Å²) in [6.45, 7) is 0. The zero-order valence-corrected chi connectivity index (χ0v) is 13.8. The van der Waals surface area contributed by atoms with Crippen LogP contribution in [0.4, 0.5) is 15.9 Å². The number of thiophene rings is 1. The van der Waals surface area contributed by atoms with E-state index in [2.05, 4.69) is 4.98 Å². The first kappa shape index (κ1) is 16.7. The van der Waals surface area contributed by atoms with Crippen LogP contribution in [0.2, 0.25) is 0 Å². The van der Waals surface area contributed by atoms with Crippen LogP contribution in [0.5, 0.6) is 10.8 Å². The number of hydrogen-bond acceptors (Lipinski definition) is 6. The summed E-state index contributed by atoms with van der Waals surface area (Å²) in [4.78, 5) is 16.4. The molecule has 3 rings (SSSR count). The number of benzene rings is 1. The number of ether oxygens (including phenoxy) is 1. The second-order valence-corrected chi connectivity index (χ2v) is 6.41. The summed E-state index contributed by atoms with van der Waals surface area (Å²) < 4.78 is 18.6. The van der Waals surface area contributed by atoms with Crippen LogP contribution >= 0.6 is 11.3 Å². The smallest absolute Gasteiger partial charge is 0.254 e. The minimum atomic E-state index is -0.708. The summed E-state index contributed by atoms with van der Waals surface area (Å²) in [6, 6.07) is 11.1. The molecule has 1 aromatic carbocycles. The predicted molar refractivity (Wildman–Crippen MR) is 95.2 cm³/mol. The van der Waals surface area contributed by atoms with Gasteiger partial charge in [-0.3, -0.25) is 4.79 Å². The number of rotatable bonds is 5. The first-order chi connectivity index (χ1) is 11.9. The molecule has 6 nitrogen and oxygen atoms in total. The molecule has 6 N–H and O–H groups in total. The van der Waals surface area contributed by atoms with E-state index in [1.54, 1.807) is 18.2 Å². The van der Waals surface area contributed by atoms with Gasteiger partial charge in [-0.1, -0.05) is 0 Å². The van der Waals surface area contributed by atoms with Crippen LogP contribution < -0.4 is 21.9 Å². The number of carbonyl (C=O) groups is 1. The Hall–Kier alpha value is -3.13. The fourth-order valence-electron chi connectivity index (χ4n) is 2.31. The van der Waals surface area contributed by atoms with Crippen molar-refractivity contribution in [3.8, 4) is 10.8 Å². The van der Waals surface area contributed by atoms with Crippen LogP contribution in [0.25, 0.3) is 0 Å². The number of anilines is 2. The fourth-order valence-corrected chi connectivity index (χ4v) is 3.20. The van der Waals surface area contributed by atoms with Crippen molar-refractivity contribution >= 4 is 28.7 Å². The Kier molecular flexibility index (Phi) is 4.53. The van der Waals surface area contributed by atoms with Gasteiger partial charge in [0.15, 0.2) is 5.06 Å². The summed E-state index contributed by atoms with van der Waals surface area (Å²) in [5.41, 5.74) is 17.7. The van der Waals surface area contributed by atoms with Crippen molar-refractivity contribution in [1.82, 2.24) is 4.98 Å². The Morgan fingerprint density at radius 1 is 1.16 bits per heavy atom. The topological polar surface area (TPSA) is 117 Å². The Balaban J connectivity index is 1.75. The van der Waals surface area contributed by atoms with Gasteiger partial charge in [-0.25, -0.2) is 9.37 Å². The van der Waals surface area contributed by atoms with Gasteiger partial charge < -0.3 is 21.9 Å². The van der Waals surface area contributed by atoms with E-state index in [1.807, 2.05) is 12.1 Å². The molecular weight excluding hydrogens is 343 g/mol. The number of aromatic nitrogens is 1. The number of nitrogens with zero attached hydrogens (tertiary/aromatic N) is 1. The number of hydrogen-bond donors (Lipinski definition) is 3. The van der Waals surface area contributed by atoms with Crippen LogP contribution in [0.1, 0.15) is 20.9 Å².